The lowest BCUT2D eigenvalue weighted by Crippen LogP contribution is -2.40. The topological polar surface area (TPSA) is 55.8 Å². The number of aryl methyl sites for hydroxylation is 1. The first-order valence-electron chi connectivity index (χ1n) is 8.42. The molecule has 24 heavy (non-hydrogen) atoms. The minimum Gasteiger partial charge on any atom is -0.466 e. The Morgan fingerprint density at radius 1 is 1.38 bits per heavy atom. The van der Waals surface area contributed by atoms with E-state index in [1.165, 1.54) is 5.56 Å². The Kier molecular flexibility index (Phi) is 3.49. The lowest BCUT2D eigenvalue weighted by atomic mass is 9.77. The summed E-state index contributed by atoms with van der Waals surface area (Å²) in [6, 6.07) is 8.15. The van der Waals surface area contributed by atoms with Crippen LogP contribution in [0.15, 0.2) is 36.4 Å². The SMILES string of the molecule is CCOC(=O)[C@H]1[C@@H]2C=C[C@]3(CN(Cc4ccc(C)cc4)C(=O)[C@H]13)O2. The molecule has 5 nitrogen and oxygen atoms in total. The van der Waals surface area contributed by atoms with Gasteiger partial charge < -0.3 is 14.4 Å². The Morgan fingerprint density at radius 2 is 2.12 bits per heavy atom. The van der Waals surface area contributed by atoms with Crippen molar-refractivity contribution >= 4 is 11.9 Å². The van der Waals surface area contributed by atoms with Gasteiger partial charge >= 0.3 is 5.97 Å². The first-order chi connectivity index (χ1) is 11.5. The molecule has 5 heteroatoms. The van der Waals surface area contributed by atoms with Gasteiger partial charge in [0, 0.05) is 6.54 Å². The third-order valence-corrected chi connectivity index (χ3v) is 5.23. The van der Waals surface area contributed by atoms with Crippen LogP contribution in [0.1, 0.15) is 18.1 Å². The average molecular weight is 327 g/mol. The zero-order chi connectivity index (χ0) is 16.9. The average Bonchev–Trinajstić information content (AvgIpc) is 3.19. The first-order valence-corrected chi connectivity index (χ1v) is 8.42. The van der Waals surface area contributed by atoms with Crippen molar-refractivity contribution in [1.82, 2.24) is 4.90 Å². The number of hydrogen-bond donors (Lipinski definition) is 0. The Balaban J connectivity index is 1.58. The first kappa shape index (κ1) is 15.4. The number of carbonyl (C=O) groups is 2. The normalized spacial score (nSPS) is 33.2. The van der Waals surface area contributed by atoms with E-state index in [-0.39, 0.29) is 18.0 Å². The minimum absolute atomic E-state index is 0.0134. The third-order valence-electron chi connectivity index (χ3n) is 5.23. The Hall–Kier alpha value is -2.14. The van der Waals surface area contributed by atoms with Crippen LogP contribution in [0, 0.1) is 18.8 Å². The predicted octanol–water partition coefficient (Wildman–Crippen LogP) is 1.84. The summed E-state index contributed by atoms with van der Waals surface area (Å²) < 4.78 is 11.2. The highest BCUT2D eigenvalue weighted by Crippen LogP contribution is 2.52. The van der Waals surface area contributed by atoms with Gasteiger partial charge in [0.05, 0.1) is 25.2 Å². The number of ether oxygens (including phenoxy) is 2. The van der Waals surface area contributed by atoms with Crippen molar-refractivity contribution < 1.29 is 19.1 Å². The quantitative estimate of drug-likeness (QED) is 0.625. The van der Waals surface area contributed by atoms with Crippen LogP contribution in [0.25, 0.3) is 0 Å². The molecule has 0 N–H and O–H groups in total. The molecular weight excluding hydrogens is 306 g/mol. The van der Waals surface area contributed by atoms with Gasteiger partial charge in [-0.25, -0.2) is 0 Å². The fourth-order valence-corrected chi connectivity index (χ4v) is 4.13. The van der Waals surface area contributed by atoms with Crippen molar-refractivity contribution in [3.8, 4) is 0 Å². The smallest absolute Gasteiger partial charge is 0.312 e. The van der Waals surface area contributed by atoms with Gasteiger partial charge in [0.2, 0.25) is 5.91 Å². The molecule has 2 saturated heterocycles. The van der Waals surface area contributed by atoms with E-state index in [9.17, 15) is 9.59 Å². The van der Waals surface area contributed by atoms with Crippen molar-refractivity contribution in [2.45, 2.75) is 32.1 Å². The van der Waals surface area contributed by atoms with Gasteiger partial charge in [0.15, 0.2) is 0 Å². The zero-order valence-electron chi connectivity index (χ0n) is 13.9. The van der Waals surface area contributed by atoms with E-state index in [2.05, 4.69) is 0 Å². The zero-order valence-corrected chi connectivity index (χ0v) is 13.9. The van der Waals surface area contributed by atoms with Crippen LogP contribution in [-0.2, 0) is 25.6 Å². The van der Waals surface area contributed by atoms with Crippen LogP contribution in [0.2, 0.25) is 0 Å². The maximum atomic E-state index is 13.0. The number of nitrogens with zero attached hydrogens (tertiary/aromatic N) is 1. The van der Waals surface area contributed by atoms with Crippen molar-refractivity contribution in [2.24, 2.45) is 11.8 Å². The molecular formula is C19H21NO4. The molecule has 4 rings (SSSR count). The number of carbonyl (C=O) groups excluding carboxylic acids is 2. The van der Waals surface area contributed by atoms with Crippen LogP contribution in [0.3, 0.4) is 0 Å². The molecule has 1 aromatic rings. The highest BCUT2D eigenvalue weighted by Gasteiger charge is 2.67. The van der Waals surface area contributed by atoms with Crippen molar-refractivity contribution in [1.29, 1.82) is 0 Å². The molecule has 0 radical (unpaired) electrons. The van der Waals surface area contributed by atoms with E-state index in [1.54, 1.807) is 11.8 Å². The Bertz CT molecular complexity index is 711. The van der Waals surface area contributed by atoms with Gasteiger partial charge in [-0.2, -0.15) is 0 Å². The van der Waals surface area contributed by atoms with Crippen LogP contribution in [0.4, 0.5) is 0 Å². The van der Waals surface area contributed by atoms with E-state index in [0.717, 1.165) is 5.56 Å². The molecule has 1 aromatic carbocycles. The summed E-state index contributed by atoms with van der Waals surface area (Å²) in [4.78, 5) is 27.1. The minimum atomic E-state index is -0.663. The number of amides is 1. The van der Waals surface area contributed by atoms with E-state index in [4.69, 9.17) is 9.47 Å². The highest BCUT2D eigenvalue weighted by molar-refractivity contribution is 5.91. The maximum absolute atomic E-state index is 13.0. The molecule has 2 bridgehead atoms. The Labute approximate surface area is 141 Å². The molecule has 3 heterocycles. The second kappa shape index (κ2) is 5.45. The summed E-state index contributed by atoms with van der Waals surface area (Å²) >= 11 is 0. The van der Waals surface area contributed by atoms with Gasteiger partial charge in [-0.1, -0.05) is 42.0 Å². The molecule has 1 amide bonds. The van der Waals surface area contributed by atoms with E-state index in [0.29, 0.717) is 19.7 Å². The maximum Gasteiger partial charge on any atom is 0.312 e. The monoisotopic (exact) mass is 327 g/mol. The van der Waals surface area contributed by atoms with Crippen molar-refractivity contribution in [3.63, 3.8) is 0 Å². The summed E-state index contributed by atoms with van der Waals surface area (Å²) in [6.07, 6.45) is 3.53. The largest absolute Gasteiger partial charge is 0.466 e. The summed E-state index contributed by atoms with van der Waals surface area (Å²) in [5.41, 5.74) is 1.61. The number of likely N-dealkylation sites (tertiary alicyclic amines) is 1. The van der Waals surface area contributed by atoms with E-state index in [1.807, 2.05) is 43.3 Å². The number of esters is 1. The van der Waals surface area contributed by atoms with Gasteiger partial charge in [-0.3, -0.25) is 9.59 Å². The molecule has 0 saturated carbocycles. The van der Waals surface area contributed by atoms with Crippen LogP contribution >= 0.6 is 0 Å². The molecule has 3 aliphatic rings. The van der Waals surface area contributed by atoms with E-state index < -0.39 is 17.4 Å². The standard InChI is InChI=1S/C19H21NO4/c1-3-23-18(22)15-14-8-9-19(24-14)11-20(17(21)16(15)19)10-13-6-4-12(2)5-7-13/h4-9,14-16H,3,10-11H2,1-2H3/t14-,15-,16-,19+/m0/s1. The molecule has 0 aromatic heterocycles. The number of fused-ring (bicyclic) bond motifs is 1. The van der Waals surface area contributed by atoms with Crippen molar-refractivity contribution in [2.75, 3.05) is 13.2 Å². The second-order valence-corrected chi connectivity index (χ2v) is 6.83. The van der Waals surface area contributed by atoms with Gasteiger partial charge in [0.25, 0.3) is 0 Å². The molecule has 1 spiro atoms. The summed E-state index contributed by atoms with van der Waals surface area (Å²) in [6.45, 7) is 5.15. The Morgan fingerprint density at radius 3 is 2.83 bits per heavy atom. The molecule has 0 aliphatic carbocycles. The van der Waals surface area contributed by atoms with Gasteiger partial charge in [-0.15, -0.1) is 0 Å². The summed E-state index contributed by atoms with van der Waals surface area (Å²) in [7, 11) is 0. The lowest BCUT2D eigenvalue weighted by molar-refractivity contribution is -0.153. The van der Waals surface area contributed by atoms with Crippen LogP contribution in [0.5, 0.6) is 0 Å². The molecule has 4 atom stereocenters. The molecule has 0 unspecified atom stereocenters. The van der Waals surface area contributed by atoms with Gasteiger partial charge in [0.1, 0.15) is 11.5 Å². The predicted molar refractivity (Wildman–Crippen MR) is 87.0 cm³/mol. The highest BCUT2D eigenvalue weighted by atomic mass is 16.6. The lowest BCUT2D eigenvalue weighted by Gasteiger charge is -2.22. The van der Waals surface area contributed by atoms with Gasteiger partial charge in [-0.05, 0) is 19.4 Å². The molecule has 3 aliphatic heterocycles. The second-order valence-electron chi connectivity index (χ2n) is 6.83. The fraction of sp³-hybridized carbons (Fsp3) is 0.474. The fourth-order valence-electron chi connectivity index (χ4n) is 4.13. The van der Waals surface area contributed by atoms with E-state index >= 15 is 0 Å². The summed E-state index contributed by atoms with van der Waals surface area (Å²) in [5.74, 6) is -1.33. The summed E-state index contributed by atoms with van der Waals surface area (Å²) in [5, 5.41) is 0. The van der Waals surface area contributed by atoms with Crippen molar-refractivity contribution in [3.05, 3.63) is 47.5 Å². The van der Waals surface area contributed by atoms with Crippen LogP contribution < -0.4 is 0 Å². The number of benzene rings is 1. The molecule has 126 valence electrons. The number of hydrogen-bond acceptors (Lipinski definition) is 4. The molecule has 2 fully saturated rings. The third kappa shape index (κ3) is 2.18. The number of rotatable bonds is 4. The van der Waals surface area contributed by atoms with Crippen LogP contribution in [-0.4, -0.2) is 41.6 Å².